The highest BCUT2D eigenvalue weighted by Crippen LogP contribution is 2.33. The lowest BCUT2D eigenvalue weighted by Crippen LogP contribution is -2.33. The smallest absolute Gasteiger partial charge is 0.259 e. The molecular formula is C21H24N4O2S2. The summed E-state index contributed by atoms with van der Waals surface area (Å²) in [4.78, 5) is 39.2. The fourth-order valence-electron chi connectivity index (χ4n) is 3.59. The Hall–Kier alpha value is -2.19. The molecule has 29 heavy (non-hydrogen) atoms. The van der Waals surface area contributed by atoms with Gasteiger partial charge in [-0.1, -0.05) is 6.07 Å². The van der Waals surface area contributed by atoms with Gasteiger partial charge in [0.05, 0.1) is 28.1 Å². The molecule has 0 bridgehead atoms. The molecule has 3 aromatic heterocycles. The summed E-state index contributed by atoms with van der Waals surface area (Å²) in [5.41, 5.74) is 1.97. The number of aromatic nitrogens is 3. The molecule has 1 amide bonds. The van der Waals surface area contributed by atoms with E-state index in [0.717, 1.165) is 35.2 Å². The molecule has 152 valence electrons. The summed E-state index contributed by atoms with van der Waals surface area (Å²) in [5.74, 6) is 1.06. The molecule has 0 aromatic carbocycles. The summed E-state index contributed by atoms with van der Waals surface area (Å²) in [6.45, 7) is 3.79. The van der Waals surface area contributed by atoms with Crippen LogP contribution in [0.3, 0.4) is 0 Å². The molecule has 3 aromatic rings. The minimum absolute atomic E-state index is 0.0501. The van der Waals surface area contributed by atoms with Crippen molar-refractivity contribution in [3.63, 3.8) is 0 Å². The first-order chi connectivity index (χ1) is 14.0. The van der Waals surface area contributed by atoms with Gasteiger partial charge < -0.3 is 10.3 Å². The van der Waals surface area contributed by atoms with Crippen LogP contribution in [-0.2, 0) is 23.4 Å². The average Bonchev–Trinajstić information content (AvgIpc) is 3.11. The highest BCUT2D eigenvalue weighted by Gasteiger charge is 2.21. The van der Waals surface area contributed by atoms with Crippen molar-refractivity contribution < 1.29 is 4.79 Å². The molecule has 0 saturated carbocycles. The Bertz CT molecular complexity index is 1080. The van der Waals surface area contributed by atoms with Crippen LogP contribution in [0.1, 0.15) is 54.7 Å². The van der Waals surface area contributed by atoms with E-state index >= 15 is 0 Å². The van der Waals surface area contributed by atoms with Crippen LogP contribution in [0.2, 0.25) is 0 Å². The summed E-state index contributed by atoms with van der Waals surface area (Å²) in [5, 5.41) is 3.50. The van der Waals surface area contributed by atoms with Crippen LogP contribution in [0.4, 0.5) is 0 Å². The molecule has 2 N–H and O–H groups in total. The fraction of sp³-hybridized carbons (Fsp3) is 0.429. The Balaban J connectivity index is 1.41. The molecule has 1 aliphatic rings. The van der Waals surface area contributed by atoms with Crippen molar-refractivity contribution >= 4 is 39.2 Å². The van der Waals surface area contributed by atoms with Gasteiger partial charge in [-0.2, -0.15) is 0 Å². The van der Waals surface area contributed by atoms with Crippen LogP contribution in [0.5, 0.6) is 0 Å². The average molecular weight is 429 g/mol. The number of carbonyl (C=O) groups is 1. The van der Waals surface area contributed by atoms with Gasteiger partial charge in [-0.05, 0) is 57.2 Å². The second-order valence-corrected chi connectivity index (χ2v) is 9.75. The Morgan fingerprint density at radius 3 is 2.93 bits per heavy atom. The summed E-state index contributed by atoms with van der Waals surface area (Å²) >= 11 is 3.11. The van der Waals surface area contributed by atoms with E-state index in [2.05, 4.69) is 20.3 Å². The lowest BCUT2D eigenvalue weighted by molar-refractivity contribution is -0.120. The van der Waals surface area contributed by atoms with Gasteiger partial charge in [0.2, 0.25) is 5.91 Å². The van der Waals surface area contributed by atoms with Crippen LogP contribution in [-0.4, -0.2) is 26.1 Å². The standard InChI is InChI=1S/C21H24N4O2S2/c1-12(15-8-5-6-10-22-15)23-19(26)13(2)28-11-17-24-20(27)18-14-7-3-4-9-16(14)29-21(18)25-17/h5-6,8,10,12-13H,3-4,7,9,11H2,1-2H3,(H,23,26)(H,24,25,27)/t12-,13+/m1/s1. The molecule has 6 nitrogen and oxygen atoms in total. The summed E-state index contributed by atoms with van der Waals surface area (Å²) < 4.78 is 0. The van der Waals surface area contributed by atoms with E-state index in [1.807, 2.05) is 32.0 Å². The summed E-state index contributed by atoms with van der Waals surface area (Å²) in [7, 11) is 0. The molecule has 8 heteroatoms. The van der Waals surface area contributed by atoms with Gasteiger partial charge in [-0.3, -0.25) is 14.6 Å². The molecule has 0 fully saturated rings. The van der Waals surface area contributed by atoms with E-state index in [1.165, 1.54) is 28.6 Å². The Labute approximate surface area is 177 Å². The number of pyridine rings is 1. The van der Waals surface area contributed by atoms with Gasteiger partial charge in [0.25, 0.3) is 5.56 Å². The van der Waals surface area contributed by atoms with Crippen LogP contribution in [0.15, 0.2) is 29.2 Å². The third-order valence-electron chi connectivity index (χ3n) is 5.20. The maximum absolute atomic E-state index is 12.6. The Morgan fingerprint density at radius 1 is 1.31 bits per heavy atom. The first kappa shape index (κ1) is 20.1. The van der Waals surface area contributed by atoms with Gasteiger partial charge in [0.1, 0.15) is 10.7 Å². The van der Waals surface area contributed by atoms with E-state index in [9.17, 15) is 9.59 Å². The van der Waals surface area contributed by atoms with Gasteiger partial charge in [-0.15, -0.1) is 23.1 Å². The van der Waals surface area contributed by atoms with Crippen molar-refractivity contribution in [2.75, 3.05) is 0 Å². The zero-order chi connectivity index (χ0) is 20.4. The molecular weight excluding hydrogens is 404 g/mol. The van der Waals surface area contributed by atoms with Crippen LogP contribution < -0.4 is 10.9 Å². The van der Waals surface area contributed by atoms with E-state index < -0.39 is 0 Å². The Morgan fingerprint density at radius 2 is 2.14 bits per heavy atom. The number of aryl methyl sites for hydroxylation is 2. The topological polar surface area (TPSA) is 87.7 Å². The third-order valence-corrected chi connectivity index (χ3v) is 7.54. The number of rotatable bonds is 6. The lowest BCUT2D eigenvalue weighted by Gasteiger charge is -2.17. The van der Waals surface area contributed by atoms with Gasteiger partial charge in [-0.25, -0.2) is 4.98 Å². The molecule has 0 radical (unpaired) electrons. The molecule has 0 unspecified atom stereocenters. The van der Waals surface area contributed by atoms with Gasteiger partial charge in [0, 0.05) is 11.1 Å². The highest BCUT2D eigenvalue weighted by molar-refractivity contribution is 7.99. The van der Waals surface area contributed by atoms with Crippen molar-refractivity contribution in [3.05, 3.63) is 56.7 Å². The number of carbonyl (C=O) groups excluding carboxylic acids is 1. The second-order valence-electron chi connectivity index (χ2n) is 7.34. The van der Waals surface area contributed by atoms with Crippen molar-refractivity contribution in [3.8, 4) is 0 Å². The van der Waals surface area contributed by atoms with Crippen molar-refractivity contribution in [2.24, 2.45) is 0 Å². The number of aromatic amines is 1. The van der Waals surface area contributed by atoms with Crippen LogP contribution in [0, 0.1) is 0 Å². The zero-order valence-electron chi connectivity index (χ0n) is 16.5. The number of nitrogens with one attached hydrogen (secondary N) is 2. The lowest BCUT2D eigenvalue weighted by atomic mass is 9.97. The molecule has 3 heterocycles. The molecule has 0 spiro atoms. The van der Waals surface area contributed by atoms with Crippen molar-refractivity contribution in [1.82, 2.24) is 20.3 Å². The van der Waals surface area contributed by atoms with Crippen LogP contribution in [0.25, 0.3) is 10.2 Å². The van der Waals surface area contributed by atoms with Crippen LogP contribution >= 0.6 is 23.1 Å². The number of thioether (sulfide) groups is 1. The summed E-state index contributed by atoms with van der Waals surface area (Å²) in [6, 6.07) is 5.50. The largest absolute Gasteiger partial charge is 0.347 e. The predicted molar refractivity (Wildman–Crippen MR) is 118 cm³/mol. The SMILES string of the molecule is C[C@H](SCc1nc2sc3c(c2c(=O)[nH]1)CCCC3)C(=O)N[C@H](C)c1ccccn1. The van der Waals surface area contributed by atoms with E-state index in [0.29, 0.717) is 11.6 Å². The molecule has 0 aliphatic heterocycles. The minimum atomic E-state index is -0.265. The number of H-pyrrole nitrogens is 1. The number of hydrogen-bond acceptors (Lipinski definition) is 6. The van der Waals surface area contributed by atoms with Crippen molar-refractivity contribution in [2.45, 2.75) is 56.6 Å². The first-order valence-corrected chi connectivity index (χ1v) is 11.8. The molecule has 4 rings (SSSR count). The van der Waals surface area contributed by atoms with Gasteiger partial charge >= 0.3 is 0 Å². The zero-order valence-corrected chi connectivity index (χ0v) is 18.2. The Kier molecular flexibility index (Phi) is 6.01. The molecule has 1 aliphatic carbocycles. The first-order valence-electron chi connectivity index (χ1n) is 9.89. The number of thiophene rings is 1. The third kappa shape index (κ3) is 4.38. The predicted octanol–water partition coefficient (Wildman–Crippen LogP) is 3.76. The molecule has 2 atom stereocenters. The van der Waals surface area contributed by atoms with E-state index in [4.69, 9.17) is 0 Å². The normalized spacial score (nSPS) is 15.7. The fourth-order valence-corrected chi connectivity index (χ4v) is 5.64. The number of amides is 1. The van der Waals surface area contributed by atoms with E-state index in [-0.39, 0.29) is 22.8 Å². The second kappa shape index (κ2) is 8.67. The maximum atomic E-state index is 12.6. The number of hydrogen-bond donors (Lipinski definition) is 2. The number of fused-ring (bicyclic) bond motifs is 3. The minimum Gasteiger partial charge on any atom is -0.347 e. The van der Waals surface area contributed by atoms with Gasteiger partial charge in [0.15, 0.2) is 0 Å². The van der Waals surface area contributed by atoms with Crippen molar-refractivity contribution in [1.29, 1.82) is 0 Å². The maximum Gasteiger partial charge on any atom is 0.259 e. The quantitative estimate of drug-likeness (QED) is 0.624. The summed E-state index contributed by atoms with van der Waals surface area (Å²) in [6.07, 6.45) is 6.06. The number of nitrogens with zero attached hydrogens (tertiary/aromatic N) is 2. The van der Waals surface area contributed by atoms with E-state index in [1.54, 1.807) is 17.5 Å². The molecule has 0 saturated heterocycles. The monoisotopic (exact) mass is 428 g/mol. The highest BCUT2D eigenvalue weighted by atomic mass is 32.2.